The smallest absolute Gasteiger partial charge is 0.156 e. The summed E-state index contributed by atoms with van der Waals surface area (Å²) < 4.78 is 0. The van der Waals surface area contributed by atoms with Crippen LogP contribution in [0.25, 0.3) is 0 Å². The summed E-state index contributed by atoms with van der Waals surface area (Å²) in [5.41, 5.74) is 5.51. The molecule has 2 rings (SSSR count). The molecule has 0 aliphatic rings. The van der Waals surface area contributed by atoms with E-state index < -0.39 is 0 Å². The Bertz CT molecular complexity index is 594. The molecular weight excluding hydrogens is 246 g/mol. The molecule has 0 saturated heterocycles. The van der Waals surface area contributed by atoms with Crippen LogP contribution in [0.1, 0.15) is 22.3 Å². The Morgan fingerprint density at radius 2 is 1.67 bits per heavy atom. The number of rotatable bonds is 2. The Morgan fingerprint density at radius 1 is 0.944 bits per heavy atom. The van der Waals surface area contributed by atoms with Crippen LogP contribution >= 0.6 is 11.6 Å². The van der Waals surface area contributed by atoms with Gasteiger partial charge in [0.1, 0.15) is 0 Å². The number of benzene rings is 1. The summed E-state index contributed by atoms with van der Waals surface area (Å²) in [5.74, 6) is 0.750. The second-order valence-electron chi connectivity index (χ2n) is 4.51. The van der Waals surface area contributed by atoms with Gasteiger partial charge in [0.25, 0.3) is 0 Å². The number of aryl methyl sites for hydroxylation is 2. The molecule has 0 aliphatic heterocycles. The molecule has 1 aromatic carbocycles. The van der Waals surface area contributed by atoms with E-state index in [2.05, 4.69) is 41.5 Å². The van der Waals surface area contributed by atoms with Gasteiger partial charge in [-0.2, -0.15) is 0 Å². The number of nitrogens with zero attached hydrogens (tertiary/aromatic N) is 2. The average Bonchev–Trinajstić information content (AvgIpc) is 2.34. The maximum atomic E-state index is 5.93. The Hall–Kier alpha value is -1.61. The molecule has 3 nitrogen and oxygen atoms in total. The van der Waals surface area contributed by atoms with Crippen LogP contribution in [0, 0.1) is 27.7 Å². The second-order valence-corrected chi connectivity index (χ2v) is 4.87. The van der Waals surface area contributed by atoms with E-state index in [-0.39, 0.29) is 0 Å². The van der Waals surface area contributed by atoms with Crippen LogP contribution in [-0.2, 0) is 0 Å². The van der Waals surface area contributed by atoms with E-state index in [1.165, 1.54) is 11.1 Å². The number of anilines is 2. The Balaban J connectivity index is 2.34. The van der Waals surface area contributed by atoms with Gasteiger partial charge in [0.05, 0.1) is 0 Å². The van der Waals surface area contributed by atoms with Crippen LogP contribution in [0.15, 0.2) is 18.2 Å². The quantitative estimate of drug-likeness (QED) is 0.884. The zero-order valence-corrected chi connectivity index (χ0v) is 11.8. The minimum Gasteiger partial charge on any atom is -0.338 e. The molecule has 0 aliphatic carbocycles. The van der Waals surface area contributed by atoms with Crippen molar-refractivity contribution in [2.45, 2.75) is 27.7 Å². The molecule has 0 saturated carbocycles. The fourth-order valence-electron chi connectivity index (χ4n) is 1.65. The van der Waals surface area contributed by atoms with Gasteiger partial charge >= 0.3 is 0 Å². The van der Waals surface area contributed by atoms with Crippen molar-refractivity contribution in [2.75, 3.05) is 5.32 Å². The fourth-order valence-corrected chi connectivity index (χ4v) is 1.83. The van der Waals surface area contributed by atoms with E-state index in [1.807, 2.05) is 19.9 Å². The summed E-state index contributed by atoms with van der Waals surface area (Å²) in [6, 6.07) is 6.22. The lowest BCUT2D eigenvalue weighted by atomic mass is 10.1. The summed E-state index contributed by atoms with van der Waals surface area (Å²) in [4.78, 5) is 0. The lowest BCUT2D eigenvalue weighted by molar-refractivity contribution is 1.00. The number of hydrogen-bond donors (Lipinski definition) is 1. The first-order valence-electron chi connectivity index (χ1n) is 5.82. The first-order valence-corrected chi connectivity index (χ1v) is 6.20. The molecule has 0 radical (unpaired) electrons. The maximum absolute atomic E-state index is 5.93. The van der Waals surface area contributed by atoms with Gasteiger partial charge in [0, 0.05) is 5.69 Å². The number of nitrogens with one attached hydrogen (secondary N) is 1. The van der Waals surface area contributed by atoms with Gasteiger partial charge in [-0.05, 0) is 62.1 Å². The van der Waals surface area contributed by atoms with E-state index >= 15 is 0 Å². The molecule has 0 spiro atoms. The molecule has 1 N–H and O–H groups in total. The molecule has 0 bridgehead atoms. The predicted octanol–water partition coefficient (Wildman–Crippen LogP) is 4.11. The van der Waals surface area contributed by atoms with Crippen molar-refractivity contribution in [3.63, 3.8) is 0 Å². The van der Waals surface area contributed by atoms with Crippen LogP contribution in [0.5, 0.6) is 0 Å². The largest absolute Gasteiger partial charge is 0.338 e. The van der Waals surface area contributed by atoms with Crippen molar-refractivity contribution in [1.82, 2.24) is 10.2 Å². The predicted molar refractivity (Wildman–Crippen MR) is 75.7 cm³/mol. The normalized spacial score (nSPS) is 10.5. The topological polar surface area (TPSA) is 37.8 Å². The Morgan fingerprint density at radius 3 is 2.33 bits per heavy atom. The van der Waals surface area contributed by atoms with Crippen molar-refractivity contribution >= 4 is 23.1 Å². The standard InChI is InChI=1S/C14H16ClN3/c1-8-5-6-12(7-9(8)2)16-14-11(4)10(3)13(15)17-18-14/h5-7H,1-4H3,(H,16,18). The third-order valence-electron chi connectivity index (χ3n) is 3.23. The number of halogens is 1. The first-order chi connectivity index (χ1) is 8.49. The van der Waals surface area contributed by atoms with Gasteiger partial charge in [-0.3, -0.25) is 0 Å². The minimum atomic E-state index is 0.457. The molecule has 18 heavy (non-hydrogen) atoms. The van der Waals surface area contributed by atoms with E-state index in [9.17, 15) is 0 Å². The molecule has 94 valence electrons. The van der Waals surface area contributed by atoms with E-state index in [1.54, 1.807) is 0 Å². The highest BCUT2D eigenvalue weighted by atomic mass is 35.5. The monoisotopic (exact) mass is 261 g/mol. The van der Waals surface area contributed by atoms with Crippen molar-refractivity contribution in [1.29, 1.82) is 0 Å². The van der Waals surface area contributed by atoms with Crippen LogP contribution in [0.2, 0.25) is 5.15 Å². The van der Waals surface area contributed by atoms with Crippen molar-refractivity contribution < 1.29 is 0 Å². The number of hydrogen-bond acceptors (Lipinski definition) is 3. The SMILES string of the molecule is Cc1ccc(Nc2nnc(Cl)c(C)c2C)cc1C. The lowest BCUT2D eigenvalue weighted by Crippen LogP contribution is -2.01. The summed E-state index contributed by atoms with van der Waals surface area (Å²) in [7, 11) is 0. The average molecular weight is 262 g/mol. The van der Waals surface area contributed by atoms with E-state index in [0.717, 1.165) is 22.6 Å². The van der Waals surface area contributed by atoms with E-state index in [0.29, 0.717) is 5.15 Å². The summed E-state index contributed by atoms with van der Waals surface area (Å²) in [6.45, 7) is 8.11. The van der Waals surface area contributed by atoms with Crippen LogP contribution in [-0.4, -0.2) is 10.2 Å². The second kappa shape index (κ2) is 4.94. The molecule has 0 fully saturated rings. The molecule has 1 heterocycles. The highest BCUT2D eigenvalue weighted by Crippen LogP contribution is 2.24. The van der Waals surface area contributed by atoms with Gasteiger partial charge in [0.2, 0.25) is 0 Å². The van der Waals surface area contributed by atoms with Gasteiger partial charge < -0.3 is 5.32 Å². The molecular formula is C14H16ClN3. The van der Waals surface area contributed by atoms with Gasteiger partial charge in [0.15, 0.2) is 11.0 Å². The molecule has 2 aromatic rings. The zero-order chi connectivity index (χ0) is 13.3. The van der Waals surface area contributed by atoms with Crippen molar-refractivity contribution in [3.05, 3.63) is 45.6 Å². The van der Waals surface area contributed by atoms with Crippen molar-refractivity contribution in [2.24, 2.45) is 0 Å². The molecule has 0 amide bonds. The molecule has 4 heteroatoms. The molecule has 0 atom stereocenters. The summed E-state index contributed by atoms with van der Waals surface area (Å²) in [6.07, 6.45) is 0. The highest BCUT2D eigenvalue weighted by Gasteiger charge is 2.08. The zero-order valence-electron chi connectivity index (χ0n) is 11.0. The fraction of sp³-hybridized carbons (Fsp3) is 0.286. The first kappa shape index (κ1) is 12.8. The highest BCUT2D eigenvalue weighted by molar-refractivity contribution is 6.30. The lowest BCUT2D eigenvalue weighted by Gasteiger charge is -2.11. The number of aromatic nitrogens is 2. The minimum absolute atomic E-state index is 0.457. The van der Waals surface area contributed by atoms with Crippen molar-refractivity contribution in [3.8, 4) is 0 Å². The van der Waals surface area contributed by atoms with Crippen LogP contribution in [0.4, 0.5) is 11.5 Å². The van der Waals surface area contributed by atoms with Crippen LogP contribution in [0.3, 0.4) is 0 Å². The van der Waals surface area contributed by atoms with Gasteiger partial charge in [-0.25, -0.2) is 0 Å². The molecule has 0 unspecified atom stereocenters. The van der Waals surface area contributed by atoms with E-state index in [4.69, 9.17) is 11.6 Å². The van der Waals surface area contributed by atoms with Gasteiger partial charge in [-0.15, -0.1) is 10.2 Å². The third kappa shape index (κ3) is 2.46. The summed E-state index contributed by atoms with van der Waals surface area (Å²) >= 11 is 5.93. The Kier molecular flexibility index (Phi) is 3.53. The Labute approximate surface area is 112 Å². The maximum Gasteiger partial charge on any atom is 0.156 e. The van der Waals surface area contributed by atoms with Gasteiger partial charge in [-0.1, -0.05) is 17.7 Å². The molecule has 1 aromatic heterocycles. The third-order valence-corrected chi connectivity index (χ3v) is 3.59. The summed E-state index contributed by atoms with van der Waals surface area (Å²) in [5, 5.41) is 11.8. The van der Waals surface area contributed by atoms with Crippen LogP contribution < -0.4 is 5.32 Å².